The summed E-state index contributed by atoms with van der Waals surface area (Å²) in [5, 5.41) is 14.8. The Kier molecular flexibility index (Phi) is 10.5. The Labute approximate surface area is 168 Å². The molecule has 1 aromatic heterocycles. The number of aliphatic hydroxyl groups is 1. The molecule has 5 N–H and O–H groups in total. The number of aromatic amines is 2. The number of thioether (sulfide) groups is 1. The van der Waals surface area contributed by atoms with Gasteiger partial charge in [-0.1, -0.05) is 0 Å². The predicted molar refractivity (Wildman–Crippen MR) is 109 cm³/mol. The van der Waals surface area contributed by atoms with Crippen LogP contribution in [-0.4, -0.2) is 66.9 Å². The highest BCUT2D eigenvalue weighted by atomic mass is 32.2. The molecule has 28 heavy (non-hydrogen) atoms. The second kappa shape index (κ2) is 12.3. The lowest BCUT2D eigenvalue weighted by Crippen LogP contribution is -2.40. The average molecular weight is 433 g/mol. The third-order valence-electron chi connectivity index (χ3n) is 3.37. The van der Waals surface area contributed by atoms with Crippen LogP contribution in [0.15, 0.2) is 15.7 Å². The minimum atomic E-state index is -1.27. The Morgan fingerprint density at radius 3 is 2.64 bits per heavy atom. The molecule has 2 amide bonds. The van der Waals surface area contributed by atoms with Crippen LogP contribution in [0.25, 0.3) is 6.08 Å². The molecule has 0 aromatic carbocycles. The van der Waals surface area contributed by atoms with E-state index in [2.05, 4.69) is 20.6 Å². The molecule has 2 atom stereocenters. The summed E-state index contributed by atoms with van der Waals surface area (Å²) in [6.07, 6.45) is 2.35. The number of aromatic nitrogens is 2. The van der Waals surface area contributed by atoms with Crippen LogP contribution in [0, 0.1) is 6.92 Å². The first-order valence-electron chi connectivity index (χ1n) is 8.32. The molecule has 0 saturated heterocycles. The van der Waals surface area contributed by atoms with E-state index < -0.39 is 34.0 Å². The SMILES string of the molecule is CC(=O)NCCSCS(=O)C[C@H](CO)NC(=O)/C=C/c1c(C)[nH]c(=O)[nH]c1=O. The number of nitrogens with one attached hydrogen (secondary N) is 4. The molecule has 0 spiro atoms. The fraction of sp³-hybridized carbons (Fsp3) is 0.500. The lowest BCUT2D eigenvalue weighted by atomic mass is 10.2. The van der Waals surface area contributed by atoms with E-state index in [9.17, 15) is 28.5 Å². The van der Waals surface area contributed by atoms with Gasteiger partial charge in [0.05, 0.1) is 23.3 Å². The van der Waals surface area contributed by atoms with Crippen LogP contribution in [0.4, 0.5) is 0 Å². The van der Waals surface area contributed by atoms with Gasteiger partial charge in [0.15, 0.2) is 0 Å². The number of rotatable bonds is 11. The van der Waals surface area contributed by atoms with Gasteiger partial charge in [0.2, 0.25) is 11.8 Å². The number of aryl methyl sites for hydroxylation is 1. The van der Waals surface area contributed by atoms with Gasteiger partial charge in [-0.2, -0.15) is 0 Å². The molecular formula is C16H24N4O6S2. The number of hydrogen-bond acceptors (Lipinski definition) is 7. The molecule has 0 aliphatic rings. The molecule has 10 nitrogen and oxygen atoms in total. The van der Waals surface area contributed by atoms with Gasteiger partial charge in [-0.05, 0) is 13.0 Å². The number of hydrogen-bond donors (Lipinski definition) is 5. The quantitative estimate of drug-likeness (QED) is 0.209. The minimum absolute atomic E-state index is 0.0709. The van der Waals surface area contributed by atoms with Crippen molar-refractivity contribution < 1.29 is 18.9 Å². The van der Waals surface area contributed by atoms with E-state index in [1.807, 2.05) is 0 Å². The zero-order valence-corrected chi connectivity index (χ0v) is 17.2. The van der Waals surface area contributed by atoms with E-state index in [0.717, 1.165) is 6.08 Å². The molecule has 0 aliphatic carbocycles. The van der Waals surface area contributed by atoms with Crippen LogP contribution < -0.4 is 21.9 Å². The van der Waals surface area contributed by atoms with Gasteiger partial charge in [0, 0.05) is 47.5 Å². The van der Waals surface area contributed by atoms with E-state index in [4.69, 9.17) is 0 Å². The molecule has 0 aliphatic heterocycles. The molecule has 0 saturated carbocycles. The third-order valence-corrected chi connectivity index (χ3v) is 6.35. The van der Waals surface area contributed by atoms with Crippen molar-refractivity contribution in [3.63, 3.8) is 0 Å². The van der Waals surface area contributed by atoms with Crippen LogP contribution in [-0.2, 0) is 20.4 Å². The first-order valence-corrected chi connectivity index (χ1v) is 11.0. The topological polar surface area (TPSA) is 161 Å². The van der Waals surface area contributed by atoms with Gasteiger partial charge < -0.3 is 20.7 Å². The standard InChI is InChI=1S/C16H24N4O6S2/c1-10-13(15(24)20-16(25)18-10)3-4-14(23)19-12(7-21)8-28(26)9-27-6-5-17-11(2)22/h3-4,12,21H,5-9H2,1-2H3,(H,17,22)(H,19,23)(H2,18,20,24,25)/b4-3+/t12-,28?/m0/s1. The van der Waals surface area contributed by atoms with E-state index in [-0.39, 0.29) is 23.8 Å². The summed E-state index contributed by atoms with van der Waals surface area (Å²) >= 11 is 1.40. The lowest BCUT2D eigenvalue weighted by molar-refractivity contribution is -0.119. The Morgan fingerprint density at radius 2 is 2.04 bits per heavy atom. The first-order chi connectivity index (χ1) is 13.2. The van der Waals surface area contributed by atoms with E-state index >= 15 is 0 Å². The summed E-state index contributed by atoms with van der Waals surface area (Å²) in [4.78, 5) is 50.1. The van der Waals surface area contributed by atoms with Crippen LogP contribution >= 0.6 is 11.8 Å². The van der Waals surface area contributed by atoms with Gasteiger partial charge in [0.25, 0.3) is 5.56 Å². The fourth-order valence-corrected chi connectivity index (χ4v) is 4.57. The van der Waals surface area contributed by atoms with Gasteiger partial charge in [0.1, 0.15) is 0 Å². The fourth-order valence-electron chi connectivity index (χ4n) is 2.08. The Bertz CT molecular complexity index is 848. The highest BCUT2D eigenvalue weighted by molar-refractivity contribution is 8.10. The maximum atomic E-state index is 12.0. The van der Waals surface area contributed by atoms with Crippen molar-refractivity contribution in [3.8, 4) is 0 Å². The smallest absolute Gasteiger partial charge is 0.325 e. The normalized spacial score (nSPS) is 13.2. The summed E-state index contributed by atoms with van der Waals surface area (Å²) in [6, 6.07) is -0.705. The molecule has 1 aromatic rings. The molecule has 12 heteroatoms. The summed E-state index contributed by atoms with van der Waals surface area (Å²) in [5.41, 5.74) is -0.813. The molecular weight excluding hydrogens is 408 g/mol. The molecule has 0 fully saturated rings. The van der Waals surface area contributed by atoms with Crippen molar-refractivity contribution in [2.45, 2.75) is 19.9 Å². The highest BCUT2D eigenvalue weighted by Gasteiger charge is 2.14. The van der Waals surface area contributed by atoms with Gasteiger partial charge in [-0.15, -0.1) is 11.8 Å². The molecule has 0 radical (unpaired) electrons. The molecule has 1 unspecified atom stereocenters. The van der Waals surface area contributed by atoms with E-state index in [0.29, 0.717) is 23.1 Å². The van der Waals surface area contributed by atoms with Crippen molar-refractivity contribution in [2.75, 3.05) is 29.7 Å². The van der Waals surface area contributed by atoms with Crippen molar-refractivity contribution in [1.82, 2.24) is 20.6 Å². The maximum absolute atomic E-state index is 12.0. The van der Waals surface area contributed by atoms with Gasteiger partial charge >= 0.3 is 5.69 Å². The summed E-state index contributed by atoms with van der Waals surface area (Å²) < 4.78 is 12.0. The second-order valence-corrected chi connectivity index (χ2v) is 8.76. The van der Waals surface area contributed by atoms with E-state index in [1.165, 1.54) is 31.7 Å². The van der Waals surface area contributed by atoms with Crippen LogP contribution in [0.2, 0.25) is 0 Å². The highest BCUT2D eigenvalue weighted by Crippen LogP contribution is 2.04. The van der Waals surface area contributed by atoms with Gasteiger partial charge in [-0.25, -0.2) is 4.79 Å². The number of carbonyl (C=O) groups is 2. The van der Waals surface area contributed by atoms with Crippen LogP contribution in [0.1, 0.15) is 18.2 Å². The molecule has 156 valence electrons. The number of aliphatic hydroxyl groups excluding tert-OH is 1. The molecule has 0 bridgehead atoms. The largest absolute Gasteiger partial charge is 0.394 e. The Balaban J connectivity index is 2.50. The summed E-state index contributed by atoms with van der Waals surface area (Å²) in [7, 11) is -1.27. The van der Waals surface area contributed by atoms with Crippen molar-refractivity contribution in [3.05, 3.63) is 38.2 Å². The maximum Gasteiger partial charge on any atom is 0.325 e. The second-order valence-electron chi connectivity index (χ2n) is 5.78. The van der Waals surface area contributed by atoms with Crippen LogP contribution in [0.5, 0.6) is 0 Å². The minimum Gasteiger partial charge on any atom is -0.394 e. The lowest BCUT2D eigenvalue weighted by Gasteiger charge is -2.14. The average Bonchev–Trinajstić information content (AvgIpc) is 2.59. The van der Waals surface area contributed by atoms with Gasteiger partial charge in [-0.3, -0.25) is 23.6 Å². The number of H-pyrrole nitrogens is 2. The third kappa shape index (κ3) is 9.15. The van der Waals surface area contributed by atoms with Crippen LogP contribution in [0.3, 0.4) is 0 Å². The Hall–Kier alpha value is -2.18. The summed E-state index contributed by atoms with van der Waals surface area (Å²) in [5.74, 6) is -0.0186. The number of carbonyl (C=O) groups excluding carboxylic acids is 2. The molecule has 1 heterocycles. The zero-order chi connectivity index (χ0) is 21.1. The summed E-state index contributed by atoms with van der Waals surface area (Å²) in [6.45, 7) is 3.03. The molecule has 1 rings (SSSR count). The predicted octanol–water partition coefficient (Wildman–Crippen LogP) is -1.56. The van der Waals surface area contributed by atoms with Crippen molar-refractivity contribution in [1.29, 1.82) is 0 Å². The van der Waals surface area contributed by atoms with E-state index in [1.54, 1.807) is 0 Å². The number of amides is 2. The van der Waals surface area contributed by atoms with Crippen molar-refractivity contribution >= 4 is 40.5 Å². The first kappa shape index (κ1) is 23.9. The van der Waals surface area contributed by atoms with Crippen molar-refractivity contribution in [2.24, 2.45) is 0 Å². The zero-order valence-electron chi connectivity index (χ0n) is 15.6. The Morgan fingerprint density at radius 1 is 1.32 bits per heavy atom. The monoisotopic (exact) mass is 432 g/mol.